The topological polar surface area (TPSA) is 44.2 Å². The van der Waals surface area contributed by atoms with E-state index in [9.17, 15) is 0 Å². The number of aromatic nitrogens is 2. The summed E-state index contributed by atoms with van der Waals surface area (Å²) in [6.07, 6.45) is 0. The van der Waals surface area contributed by atoms with Gasteiger partial charge in [0.2, 0.25) is 0 Å². The molecule has 0 unspecified atom stereocenters. The lowest BCUT2D eigenvalue weighted by molar-refractivity contribution is 0.415. The Balaban J connectivity index is 1.34. The molecule has 0 saturated carbocycles. The standard InChI is InChI=1S/C28H20N2O2S3/c1-31-19-7-3-17(4-8-19)23-13-15-25(33-23)21-11-12-22(28-27(21)29-35-30-28)26-16-14-24(34-26)18-5-9-20(32-2)10-6-18/h3-16H,1-2H3. The van der Waals surface area contributed by atoms with Crippen LogP contribution in [0.15, 0.2) is 84.9 Å². The summed E-state index contributed by atoms with van der Waals surface area (Å²) in [4.78, 5) is 4.80. The summed E-state index contributed by atoms with van der Waals surface area (Å²) in [6.45, 7) is 0. The third-order valence-corrected chi connectivity index (χ3v) is 8.77. The zero-order valence-electron chi connectivity index (χ0n) is 19.0. The fourth-order valence-corrected chi connectivity index (χ4v) is 6.70. The molecule has 0 amide bonds. The first-order valence-corrected chi connectivity index (χ1v) is 13.3. The summed E-state index contributed by atoms with van der Waals surface area (Å²) in [5.41, 5.74) is 6.50. The van der Waals surface area contributed by atoms with Crippen molar-refractivity contribution in [1.29, 1.82) is 0 Å². The van der Waals surface area contributed by atoms with E-state index in [4.69, 9.17) is 9.47 Å². The van der Waals surface area contributed by atoms with Crippen LogP contribution in [0.2, 0.25) is 0 Å². The molecule has 0 radical (unpaired) electrons. The van der Waals surface area contributed by atoms with Crippen LogP contribution in [-0.4, -0.2) is 23.0 Å². The molecule has 0 atom stereocenters. The average Bonchev–Trinajstić information content (AvgIpc) is 3.69. The summed E-state index contributed by atoms with van der Waals surface area (Å²) >= 11 is 4.80. The molecular formula is C28H20N2O2S3. The van der Waals surface area contributed by atoms with Crippen LogP contribution in [0.4, 0.5) is 0 Å². The first-order chi connectivity index (χ1) is 17.2. The van der Waals surface area contributed by atoms with Gasteiger partial charge in [-0.2, -0.15) is 8.75 Å². The lowest BCUT2D eigenvalue weighted by Gasteiger charge is -2.04. The van der Waals surface area contributed by atoms with Gasteiger partial charge < -0.3 is 9.47 Å². The van der Waals surface area contributed by atoms with E-state index in [1.165, 1.54) is 42.4 Å². The van der Waals surface area contributed by atoms with Crippen molar-refractivity contribution in [3.05, 3.63) is 84.9 Å². The number of hydrogen-bond acceptors (Lipinski definition) is 7. The van der Waals surface area contributed by atoms with Crippen molar-refractivity contribution >= 4 is 45.4 Å². The molecule has 3 aromatic carbocycles. The van der Waals surface area contributed by atoms with Gasteiger partial charge in [-0.25, -0.2) is 0 Å². The summed E-state index contributed by atoms with van der Waals surface area (Å²) in [6, 6.07) is 29.4. The Morgan fingerprint density at radius 2 is 0.886 bits per heavy atom. The number of methoxy groups -OCH3 is 2. The minimum Gasteiger partial charge on any atom is -0.497 e. The number of ether oxygens (including phenoxy) is 2. The van der Waals surface area contributed by atoms with E-state index in [-0.39, 0.29) is 0 Å². The molecule has 0 fully saturated rings. The normalized spacial score (nSPS) is 11.1. The number of fused-ring (bicyclic) bond motifs is 1. The Bertz CT molecular complexity index is 1490. The molecule has 0 N–H and O–H groups in total. The van der Waals surface area contributed by atoms with Crippen LogP contribution in [0, 0.1) is 0 Å². The highest BCUT2D eigenvalue weighted by atomic mass is 32.1. The highest BCUT2D eigenvalue weighted by molar-refractivity contribution is 7.19. The maximum absolute atomic E-state index is 5.29. The molecule has 0 bridgehead atoms. The summed E-state index contributed by atoms with van der Waals surface area (Å²) in [5, 5.41) is 0. The van der Waals surface area contributed by atoms with Gasteiger partial charge in [0.05, 0.1) is 25.9 Å². The fourth-order valence-electron chi connectivity index (χ4n) is 4.05. The molecule has 0 spiro atoms. The molecule has 3 heterocycles. The van der Waals surface area contributed by atoms with Gasteiger partial charge in [-0.15, -0.1) is 22.7 Å². The smallest absolute Gasteiger partial charge is 0.118 e. The lowest BCUT2D eigenvalue weighted by Crippen LogP contribution is -1.82. The van der Waals surface area contributed by atoms with Gasteiger partial charge in [-0.05, 0) is 83.9 Å². The Labute approximate surface area is 215 Å². The number of rotatable bonds is 6. The monoisotopic (exact) mass is 512 g/mol. The van der Waals surface area contributed by atoms with Crippen LogP contribution in [0.3, 0.4) is 0 Å². The second-order valence-electron chi connectivity index (χ2n) is 7.91. The third-order valence-electron chi connectivity index (χ3n) is 5.91. The Morgan fingerprint density at radius 1 is 0.486 bits per heavy atom. The highest BCUT2D eigenvalue weighted by Crippen LogP contribution is 2.42. The number of nitrogens with zero attached hydrogens (tertiary/aromatic N) is 2. The van der Waals surface area contributed by atoms with Crippen LogP contribution >= 0.6 is 34.4 Å². The molecule has 0 aliphatic carbocycles. The van der Waals surface area contributed by atoms with Gasteiger partial charge >= 0.3 is 0 Å². The summed E-state index contributed by atoms with van der Waals surface area (Å²) in [5.74, 6) is 1.72. The second kappa shape index (κ2) is 9.26. The summed E-state index contributed by atoms with van der Waals surface area (Å²) in [7, 11) is 3.37. The lowest BCUT2D eigenvalue weighted by atomic mass is 10.1. The van der Waals surface area contributed by atoms with E-state index in [0.717, 1.165) is 33.7 Å². The Kier molecular flexibility index (Phi) is 5.82. The molecule has 6 aromatic rings. The second-order valence-corrected chi connectivity index (χ2v) is 10.6. The van der Waals surface area contributed by atoms with Crippen LogP contribution in [0.1, 0.15) is 0 Å². The van der Waals surface area contributed by atoms with E-state index in [1.807, 2.05) is 24.3 Å². The quantitative estimate of drug-likeness (QED) is 0.224. The molecule has 6 rings (SSSR count). The maximum atomic E-state index is 5.29. The van der Waals surface area contributed by atoms with Crippen LogP contribution in [0.5, 0.6) is 11.5 Å². The minimum atomic E-state index is 0.861. The van der Waals surface area contributed by atoms with Gasteiger partial charge in [0.15, 0.2) is 0 Å². The fraction of sp³-hybridized carbons (Fsp3) is 0.0714. The SMILES string of the molecule is COc1ccc(-c2ccc(-c3ccc(-c4ccc(-c5ccc(OC)cc5)s4)c4nsnc34)s2)cc1. The van der Waals surface area contributed by atoms with Crippen LogP contribution in [0.25, 0.3) is 52.8 Å². The van der Waals surface area contributed by atoms with Gasteiger partial charge in [-0.1, -0.05) is 12.1 Å². The van der Waals surface area contributed by atoms with Crippen molar-refractivity contribution in [3.8, 4) is 53.3 Å². The number of thiophene rings is 2. The van der Waals surface area contributed by atoms with Gasteiger partial charge in [0.1, 0.15) is 22.5 Å². The third kappa shape index (κ3) is 4.12. The Hall–Kier alpha value is -3.52. The van der Waals surface area contributed by atoms with Gasteiger partial charge in [-0.3, -0.25) is 0 Å². The largest absolute Gasteiger partial charge is 0.497 e. The molecule has 4 nitrogen and oxygen atoms in total. The average molecular weight is 513 g/mol. The molecule has 0 aliphatic rings. The predicted molar refractivity (Wildman–Crippen MR) is 148 cm³/mol. The van der Waals surface area contributed by atoms with Crippen molar-refractivity contribution in [1.82, 2.24) is 8.75 Å². The van der Waals surface area contributed by atoms with E-state index in [2.05, 4.69) is 69.4 Å². The van der Waals surface area contributed by atoms with Gasteiger partial charge in [0.25, 0.3) is 0 Å². The van der Waals surface area contributed by atoms with E-state index in [0.29, 0.717) is 0 Å². The van der Waals surface area contributed by atoms with Crippen molar-refractivity contribution in [2.75, 3.05) is 14.2 Å². The number of hydrogen-bond donors (Lipinski definition) is 0. The zero-order valence-corrected chi connectivity index (χ0v) is 21.5. The zero-order chi connectivity index (χ0) is 23.8. The van der Waals surface area contributed by atoms with E-state index in [1.54, 1.807) is 36.9 Å². The van der Waals surface area contributed by atoms with E-state index < -0.39 is 0 Å². The summed E-state index contributed by atoms with van der Waals surface area (Å²) < 4.78 is 19.9. The van der Waals surface area contributed by atoms with Crippen LogP contribution in [-0.2, 0) is 0 Å². The maximum Gasteiger partial charge on any atom is 0.118 e. The molecule has 3 aromatic heterocycles. The first kappa shape index (κ1) is 22.0. The molecule has 0 saturated heterocycles. The van der Waals surface area contributed by atoms with Crippen LogP contribution < -0.4 is 9.47 Å². The number of benzene rings is 3. The van der Waals surface area contributed by atoms with E-state index >= 15 is 0 Å². The molecular weight excluding hydrogens is 493 g/mol. The van der Waals surface area contributed by atoms with Crippen molar-refractivity contribution in [3.63, 3.8) is 0 Å². The first-order valence-electron chi connectivity index (χ1n) is 11.0. The Morgan fingerprint density at radius 3 is 1.29 bits per heavy atom. The minimum absolute atomic E-state index is 0.861. The predicted octanol–water partition coefficient (Wildman–Crippen LogP) is 8.50. The highest BCUT2D eigenvalue weighted by Gasteiger charge is 2.16. The molecule has 172 valence electrons. The molecule has 0 aliphatic heterocycles. The van der Waals surface area contributed by atoms with Crippen molar-refractivity contribution in [2.24, 2.45) is 0 Å². The van der Waals surface area contributed by atoms with Crippen molar-refractivity contribution in [2.45, 2.75) is 0 Å². The molecule has 7 heteroatoms. The van der Waals surface area contributed by atoms with Crippen molar-refractivity contribution < 1.29 is 9.47 Å². The molecule has 35 heavy (non-hydrogen) atoms. The van der Waals surface area contributed by atoms with Gasteiger partial charge in [0, 0.05) is 30.6 Å².